The van der Waals surface area contributed by atoms with Crippen LogP contribution in [0.5, 0.6) is 0 Å². The van der Waals surface area contributed by atoms with Crippen LogP contribution in [0.2, 0.25) is 0 Å². The fourth-order valence-corrected chi connectivity index (χ4v) is 2.30. The van der Waals surface area contributed by atoms with Gasteiger partial charge in [-0.2, -0.15) is 0 Å². The molecule has 1 saturated carbocycles. The van der Waals surface area contributed by atoms with Crippen molar-refractivity contribution in [3.63, 3.8) is 0 Å². The molecule has 0 unspecified atom stereocenters. The molecule has 0 radical (unpaired) electrons. The van der Waals surface area contributed by atoms with E-state index < -0.39 is 5.97 Å². The zero-order chi connectivity index (χ0) is 12.9. The summed E-state index contributed by atoms with van der Waals surface area (Å²) >= 11 is 0. The Morgan fingerprint density at radius 3 is 2.41 bits per heavy atom. The zero-order valence-corrected chi connectivity index (χ0v) is 10.7. The maximum absolute atomic E-state index is 11.8. The van der Waals surface area contributed by atoms with Gasteiger partial charge in [0.1, 0.15) is 6.54 Å². The topological polar surface area (TPSA) is 69.6 Å². The van der Waals surface area contributed by atoms with Crippen molar-refractivity contribution in [2.45, 2.75) is 39.5 Å². The molecular formula is C12H22N2O3. The minimum Gasteiger partial charge on any atom is -0.480 e. The number of urea groups is 1. The number of carboxylic acid groups (broad SMARTS) is 1. The van der Waals surface area contributed by atoms with Crippen molar-refractivity contribution in [2.75, 3.05) is 19.6 Å². The summed E-state index contributed by atoms with van der Waals surface area (Å²) in [5.41, 5.74) is 0.193. The van der Waals surface area contributed by atoms with Gasteiger partial charge in [0.15, 0.2) is 0 Å². The number of hydrogen-bond donors (Lipinski definition) is 2. The van der Waals surface area contributed by atoms with Crippen molar-refractivity contribution in [3.8, 4) is 0 Å². The van der Waals surface area contributed by atoms with E-state index in [-0.39, 0.29) is 18.0 Å². The van der Waals surface area contributed by atoms with E-state index in [0.29, 0.717) is 13.1 Å². The maximum atomic E-state index is 11.8. The minimum absolute atomic E-state index is 0.193. The van der Waals surface area contributed by atoms with Gasteiger partial charge in [0.2, 0.25) is 0 Å². The predicted octanol–water partition coefficient (Wildman–Crippen LogP) is 1.68. The Balaban J connectivity index is 2.39. The Bertz CT molecular complexity index is 285. The lowest BCUT2D eigenvalue weighted by Crippen LogP contribution is -2.45. The average Bonchev–Trinajstić information content (AvgIpc) is 2.70. The summed E-state index contributed by atoms with van der Waals surface area (Å²) in [5, 5.41) is 11.5. The van der Waals surface area contributed by atoms with Crippen LogP contribution in [0.3, 0.4) is 0 Å². The monoisotopic (exact) mass is 242 g/mol. The number of nitrogens with zero attached hydrogens (tertiary/aromatic N) is 1. The van der Waals surface area contributed by atoms with Crippen molar-refractivity contribution in [1.29, 1.82) is 0 Å². The van der Waals surface area contributed by atoms with Crippen LogP contribution >= 0.6 is 0 Å². The number of nitrogens with one attached hydrogen (secondary N) is 1. The van der Waals surface area contributed by atoms with E-state index in [1.165, 1.54) is 17.7 Å². The van der Waals surface area contributed by atoms with Crippen molar-refractivity contribution in [3.05, 3.63) is 0 Å². The van der Waals surface area contributed by atoms with Gasteiger partial charge in [-0.15, -0.1) is 0 Å². The van der Waals surface area contributed by atoms with Gasteiger partial charge in [0.05, 0.1) is 0 Å². The third-order valence-electron chi connectivity index (χ3n) is 3.47. The summed E-state index contributed by atoms with van der Waals surface area (Å²) < 4.78 is 0. The molecule has 1 aliphatic rings. The average molecular weight is 242 g/mol. The van der Waals surface area contributed by atoms with E-state index in [9.17, 15) is 9.59 Å². The SMILES string of the molecule is CCN(CC(=O)O)C(=O)NCC1(C)CCCC1. The molecule has 0 saturated heterocycles. The number of hydrogen-bond acceptors (Lipinski definition) is 2. The molecule has 1 rings (SSSR count). The van der Waals surface area contributed by atoms with Crippen LogP contribution in [0.15, 0.2) is 0 Å². The summed E-state index contributed by atoms with van der Waals surface area (Å²) in [4.78, 5) is 23.6. The Morgan fingerprint density at radius 1 is 1.35 bits per heavy atom. The van der Waals surface area contributed by atoms with Gasteiger partial charge in [-0.3, -0.25) is 4.79 Å². The molecular weight excluding hydrogens is 220 g/mol. The Hall–Kier alpha value is -1.26. The molecule has 0 aliphatic heterocycles. The van der Waals surface area contributed by atoms with Crippen molar-refractivity contribution in [2.24, 2.45) is 5.41 Å². The van der Waals surface area contributed by atoms with E-state index >= 15 is 0 Å². The summed E-state index contributed by atoms with van der Waals surface area (Å²) in [7, 11) is 0. The van der Waals surface area contributed by atoms with Gasteiger partial charge in [0, 0.05) is 13.1 Å². The van der Waals surface area contributed by atoms with Crippen LogP contribution in [0.4, 0.5) is 4.79 Å². The second-order valence-corrected chi connectivity index (χ2v) is 5.08. The van der Waals surface area contributed by atoms with Crippen LogP contribution in [0.25, 0.3) is 0 Å². The number of likely N-dealkylation sites (N-methyl/N-ethyl adjacent to an activating group) is 1. The summed E-state index contributed by atoms with van der Waals surface area (Å²) in [6.45, 7) is 4.77. The fraction of sp³-hybridized carbons (Fsp3) is 0.833. The zero-order valence-electron chi connectivity index (χ0n) is 10.7. The molecule has 1 aliphatic carbocycles. The van der Waals surface area contributed by atoms with E-state index in [1.807, 2.05) is 0 Å². The normalized spacial score (nSPS) is 17.8. The lowest BCUT2D eigenvalue weighted by atomic mass is 9.89. The number of carboxylic acids is 1. The minimum atomic E-state index is -0.978. The van der Waals surface area contributed by atoms with Crippen molar-refractivity contribution in [1.82, 2.24) is 10.2 Å². The quantitative estimate of drug-likeness (QED) is 0.770. The standard InChI is InChI=1S/C12H22N2O3/c1-3-14(8-10(15)16)11(17)13-9-12(2)6-4-5-7-12/h3-9H2,1-2H3,(H,13,17)(H,15,16). The fourth-order valence-electron chi connectivity index (χ4n) is 2.30. The Labute approximate surface area is 102 Å². The molecule has 0 aromatic heterocycles. The summed E-state index contributed by atoms with van der Waals surface area (Å²) in [6.07, 6.45) is 4.72. The van der Waals surface area contributed by atoms with Gasteiger partial charge in [-0.1, -0.05) is 19.8 Å². The second kappa shape index (κ2) is 5.89. The molecule has 0 bridgehead atoms. The van der Waals surface area contributed by atoms with Crippen LogP contribution in [0, 0.1) is 5.41 Å². The smallest absolute Gasteiger partial charge is 0.323 e. The van der Waals surface area contributed by atoms with E-state index in [1.54, 1.807) is 6.92 Å². The number of carbonyl (C=O) groups is 2. The molecule has 1 fully saturated rings. The molecule has 0 spiro atoms. The van der Waals surface area contributed by atoms with Crippen LogP contribution < -0.4 is 5.32 Å². The highest BCUT2D eigenvalue weighted by Crippen LogP contribution is 2.36. The van der Waals surface area contributed by atoms with E-state index in [4.69, 9.17) is 5.11 Å². The van der Waals surface area contributed by atoms with Gasteiger partial charge in [0.25, 0.3) is 0 Å². The molecule has 5 heteroatoms. The van der Waals surface area contributed by atoms with Gasteiger partial charge in [-0.25, -0.2) is 4.79 Å². The first kappa shape index (κ1) is 13.8. The van der Waals surface area contributed by atoms with Gasteiger partial charge < -0.3 is 15.3 Å². The summed E-state index contributed by atoms with van der Waals surface area (Å²) in [5.74, 6) is -0.978. The maximum Gasteiger partial charge on any atom is 0.323 e. The van der Waals surface area contributed by atoms with Crippen LogP contribution in [0.1, 0.15) is 39.5 Å². The third kappa shape index (κ3) is 4.24. The first-order valence-corrected chi connectivity index (χ1v) is 6.21. The second-order valence-electron chi connectivity index (χ2n) is 5.08. The van der Waals surface area contributed by atoms with E-state index in [0.717, 1.165) is 12.8 Å². The molecule has 0 heterocycles. The number of amides is 2. The first-order valence-electron chi connectivity index (χ1n) is 6.21. The van der Waals surface area contributed by atoms with E-state index in [2.05, 4.69) is 12.2 Å². The molecule has 0 atom stereocenters. The van der Waals surface area contributed by atoms with Gasteiger partial charge >= 0.3 is 12.0 Å². The summed E-state index contributed by atoms with van der Waals surface area (Å²) in [6, 6.07) is -0.275. The molecule has 0 aromatic carbocycles. The lowest BCUT2D eigenvalue weighted by Gasteiger charge is -2.26. The molecule has 17 heavy (non-hydrogen) atoms. The van der Waals surface area contributed by atoms with Crippen molar-refractivity contribution >= 4 is 12.0 Å². The largest absolute Gasteiger partial charge is 0.480 e. The third-order valence-corrected chi connectivity index (χ3v) is 3.47. The number of carbonyl (C=O) groups excluding carboxylic acids is 1. The number of rotatable bonds is 5. The molecule has 0 aromatic rings. The molecule has 98 valence electrons. The Morgan fingerprint density at radius 2 is 1.94 bits per heavy atom. The number of aliphatic carboxylic acids is 1. The Kier molecular flexibility index (Phi) is 4.78. The van der Waals surface area contributed by atoms with Crippen molar-refractivity contribution < 1.29 is 14.7 Å². The van der Waals surface area contributed by atoms with Gasteiger partial charge in [-0.05, 0) is 25.2 Å². The highest BCUT2D eigenvalue weighted by molar-refractivity contribution is 5.80. The van der Waals surface area contributed by atoms with Crippen LogP contribution in [-0.4, -0.2) is 41.6 Å². The molecule has 5 nitrogen and oxygen atoms in total. The highest BCUT2D eigenvalue weighted by atomic mass is 16.4. The molecule has 2 amide bonds. The van der Waals surface area contributed by atoms with Crippen LogP contribution in [-0.2, 0) is 4.79 Å². The predicted molar refractivity (Wildman–Crippen MR) is 64.9 cm³/mol. The molecule has 2 N–H and O–H groups in total. The highest BCUT2D eigenvalue weighted by Gasteiger charge is 2.29. The lowest BCUT2D eigenvalue weighted by molar-refractivity contribution is -0.137. The first-order chi connectivity index (χ1) is 7.97.